The molecule has 1 heterocycles. The molecule has 1 fully saturated rings. The first-order valence-corrected chi connectivity index (χ1v) is 14.5. The van der Waals surface area contributed by atoms with Crippen LogP contribution in [-0.2, 0) is 17.8 Å². The van der Waals surface area contributed by atoms with E-state index >= 15 is 0 Å². The fraction of sp³-hybridized carbons (Fsp3) is 0.118. The molecular formula is C34H29N3O5S. The molecule has 1 aliphatic rings. The molecule has 1 amide bonds. The number of hydrogen-bond acceptors (Lipinski definition) is 7. The number of nitrogens with zero attached hydrogens (tertiary/aromatic N) is 3. The first-order chi connectivity index (χ1) is 21.0. The molecule has 216 valence electrons. The minimum absolute atomic E-state index is 0.0191. The SMILES string of the molecule is C=CCc1cc(/C=C2/SC(=Nc3ccccc3)N(c3ccccc3)C2=O)cc(OCC)c1OCc1ccc([N+](=O)[O-])cc1. The molecule has 0 bridgehead atoms. The molecule has 0 spiro atoms. The first-order valence-electron chi connectivity index (χ1n) is 13.7. The highest BCUT2D eigenvalue weighted by Crippen LogP contribution is 2.40. The minimum Gasteiger partial charge on any atom is -0.490 e. The maximum atomic E-state index is 13.8. The predicted octanol–water partition coefficient (Wildman–Crippen LogP) is 8.11. The molecule has 0 atom stereocenters. The van der Waals surface area contributed by atoms with Gasteiger partial charge in [0.15, 0.2) is 16.7 Å². The third-order valence-electron chi connectivity index (χ3n) is 6.45. The van der Waals surface area contributed by atoms with E-state index < -0.39 is 4.92 Å². The van der Waals surface area contributed by atoms with Crippen LogP contribution < -0.4 is 14.4 Å². The lowest BCUT2D eigenvalue weighted by molar-refractivity contribution is -0.384. The lowest BCUT2D eigenvalue weighted by Gasteiger charge is -2.17. The van der Waals surface area contributed by atoms with Crippen LogP contribution in [0.3, 0.4) is 0 Å². The number of thioether (sulfide) groups is 1. The van der Waals surface area contributed by atoms with Crippen LogP contribution in [-0.4, -0.2) is 22.6 Å². The van der Waals surface area contributed by atoms with E-state index in [4.69, 9.17) is 14.5 Å². The van der Waals surface area contributed by atoms with Gasteiger partial charge in [-0.15, -0.1) is 6.58 Å². The van der Waals surface area contributed by atoms with Crippen molar-refractivity contribution in [1.29, 1.82) is 0 Å². The third kappa shape index (κ3) is 7.02. The number of non-ortho nitro benzene ring substituents is 1. The standard InChI is InChI=1S/C34H29N3O5S/c1-3-11-26-20-25(21-30(41-4-2)32(26)42-23-24-16-18-29(19-17-24)37(39)40)22-31-33(38)36(28-14-9-6-10-15-28)34(43-31)35-27-12-7-5-8-13-27/h3,5-10,12-22H,1,4,11,23H2,2H3/b31-22+,35-34?. The normalized spacial score (nSPS) is 14.7. The summed E-state index contributed by atoms with van der Waals surface area (Å²) in [5.41, 5.74) is 3.89. The quantitative estimate of drug-likeness (QED) is 0.0757. The Kier molecular flexibility index (Phi) is 9.33. The smallest absolute Gasteiger partial charge is 0.271 e. The Balaban J connectivity index is 1.49. The van der Waals surface area contributed by atoms with Gasteiger partial charge in [-0.1, -0.05) is 42.5 Å². The highest BCUT2D eigenvalue weighted by Gasteiger charge is 2.34. The monoisotopic (exact) mass is 591 g/mol. The summed E-state index contributed by atoms with van der Waals surface area (Å²) >= 11 is 1.31. The summed E-state index contributed by atoms with van der Waals surface area (Å²) in [7, 11) is 0. The molecule has 5 rings (SSSR count). The predicted molar refractivity (Wildman–Crippen MR) is 172 cm³/mol. The molecule has 9 heteroatoms. The third-order valence-corrected chi connectivity index (χ3v) is 7.42. The van der Waals surface area contributed by atoms with Crippen molar-refractivity contribution in [3.63, 3.8) is 0 Å². The summed E-state index contributed by atoms with van der Waals surface area (Å²) in [6.07, 6.45) is 4.12. The van der Waals surface area contributed by atoms with Gasteiger partial charge in [0.25, 0.3) is 11.6 Å². The summed E-state index contributed by atoms with van der Waals surface area (Å²) < 4.78 is 12.2. The zero-order valence-electron chi connectivity index (χ0n) is 23.5. The number of aliphatic imine (C=N–C) groups is 1. The number of nitro groups is 1. The van der Waals surface area contributed by atoms with Crippen molar-refractivity contribution in [3.8, 4) is 11.5 Å². The molecule has 1 aliphatic heterocycles. The first kappa shape index (κ1) is 29.3. The van der Waals surface area contributed by atoms with E-state index in [1.807, 2.05) is 85.8 Å². The molecule has 0 saturated carbocycles. The Morgan fingerprint density at radius 3 is 2.33 bits per heavy atom. The van der Waals surface area contributed by atoms with Crippen LogP contribution in [0, 0.1) is 10.1 Å². The van der Waals surface area contributed by atoms with Crippen molar-refractivity contribution in [2.24, 2.45) is 4.99 Å². The molecule has 0 unspecified atom stereocenters. The number of nitro benzene ring substituents is 1. The van der Waals surface area contributed by atoms with Gasteiger partial charge in [0.1, 0.15) is 6.61 Å². The maximum Gasteiger partial charge on any atom is 0.271 e. The fourth-order valence-electron chi connectivity index (χ4n) is 4.49. The van der Waals surface area contributed by atoms with E-state index in [0.717, 1.165) is 28.1 Å². The van der Waals surface area contributed by atoms with Crippen molar-refractivity contribution in [2.45, 2.75) is 20.0 Å². The Hall–Kier alpha value is -5.15. The number of para-hydroxylation sites is 2. The molecular weight excluding hydrogens is 562 g/mol. The number of hydrogen-bond donors (Lipinski definition) is 0. The van der Waals surface area contributed by atoms with Crippen molar-refractivity contribution < 1.29 is 19.2 Å². The number of carbonyl (C=O) groups excluding carboxylic acids is 1. The van der Waals surface area contributed by atoms with Crippen LogP contribution in [0.5, 0.6) is 11.5 Å². The number of carbonyl (C=O) groups is 1. The van der Waals surface area contributed by atoms with Crippen LogP contribution in [0.15, 0.2) is 120 Å². The number of amides is 1. The van der Waals surface area contributed by atoms with Gasteiger partial charge in [-0.25, -0.2) is 4.99 Å². The van der Waals surface area contributed by atoms with Crippen molar-refractivity contribution in [1.82, 2.24) is 0 Å². The average molecular weight is 592 g/mol. The summed E-state index contributed by atoms with van der Waals surface area (Å²) in [6.45, 7) is 6.39. The van der Waals surface area contributed by atoms with Gasteiger partial charge in [0, 0.05) is 17.7 Å². The molecule has 0 radical (unpaired) electrons. The van der Waals surface area contributed by atoms with Gasteiger partial charge in [-0.3, -0.25) is 19.8 Å². The number of anilines is 1. The molecule has 0 aliphatic carbocycles. The van der Waals surface area contributed by atoms with E-state index in [-0.39, 0.29) is 18.2 Å². The lowest BCUT2D eigenvalue weighted by atomic mass is 10.0. The van der Waals surface area contributed by atoms with Crippen LogP contribution >= 0.6 is 11.8 Å². The number of benzene rings is 4. The van der Waals surface area contributed by atoms with Crippen LogP contribution in [0.25, 0.3) is 6.08 Å². The number of amidine groups is 1. The van der Waals surface area contributed by atoms with E-state index in [9.17, 15) is 14.9 Å². The Morgan fingerprint density at radius 2 is 1.67 bits per heavy atom. The summed E-state index contributed by atoms with van der Waals surface area (Å²) in [5, 5.41) is 11.6. The molecule has 0 aromatic heterocycles. The zero-order valence-corrected chi connectivity index (χ0v) is 24.3. The number of ether oxygens (including phenoxy) is 2. The molecule has 0 N–H and O–H groups in total. The van der Waals surface area contributed by atoms with Crippen molar-refractivity contribution in [2.75, 3.05) is 11.5 Å². The second-order valence-electron chi connectivity index (χ2n) is 9.46. The molecule has 4 aromatic carbocycles. The highest BCUT2D eigenvalue weighted by molar-refractivity contribution is 8.19. The lowest BCUT2D eigenvalue weighted by Crippen LogP contribution is -2.28. The van der Waals surface area contributed by atoms with Crippen molar-refractivity contribution in [3.05, 3.63) is 141 Å². The largest absolute Gasteiger partial charge is 0.490 e. The van der Waals surface area contributed by atoms with E-state index in [0.29, 0.717) is 34.6 Å². The van der Waals surface area contributed by atoms with Gasteiger partial charge in [-0.2, -0.15) is 0 Å². The number of allylic oxidation sites excluding steroid dienone is 1. The Labute approximate surface area is 254 Å². The van der Waals surface area contributed by atoms with Gasteiger partial charge in [0.2, 0.25) is 0 Å². The highest BCUT2D eigenvalue weighted by atomic mass is 32.2. The van der Waals surface area contributed by atoms with Gasteiger partial charge in [0.05, 0.1) is 27.8 Å². The van der Waals surface area contributed by atoms with Crippen molar-refractivity contribution >= 4 is 46.0 Å². The molecule has 4 aromatic rings. The average Bonchev–Trinajstić information content (AvgIpc) is 3.31. The summed E-state index contributed by atoms with van der Waals surface area (Å²) in [6, 6.07) is 29.0. The maximum absolute atomic E-state index is 13.8. The summed E-state index contributed by atoms with van der Waals surface area (Å²) in [5.74, 6) is 0.918. The van der Waals surface area contributed by atoms with Gasteiger partial charge < -0.3 is 9.47 Å². The molecule has 1 saturated heterocycles. The second kappa shape index (κ2) is 13.7. The topological polar surface area (TPSA) is 94.3 Å². The fourth-order valence-corrected chi connectivity index (χ4v) is 5.49. The van der Waals surface area contributed by atoms with E-state index in [1.54, 1.807) is 23.1 Å². The van der Waals surface area contributed by atoms with Crippen LogP contribution in [0.1, 0.15) is 23.6 Å². The van der Waals surface area contributed by atoms with Crippen LogP contribution in [0.4, 0.5) is 17.1 Å². The zero-order chi connectivity index (χ0) is 30.2. The Bertz CT molecular complexity index is 1690. The summed E-state index contributed by atoms with van der Waals surface area (Å²) in [4.78, 5) is 31.3. The van der Waals surface area contributed by atoms with Gasteiger partial charge in [-0.05, 0) is 90.8 Å². The van der Waals surface area contributed by atoms with Crippen LogP contribution in [0.2, 0.25) is 0 Å². The van der Waals surface area contributed by atoms with Gasteiger partial charge >= 0.3 is 0 Å². The van der Waals surface area contributed by atoms with E-state index in [2.05, 4.69) is 6.58 Å². The second-order valence-corrected chi connectivity index (χ2v) is 10.5. The van der Waals surface area contributed by atoms with E-state index in [1.165, 1.54) is 23.9 Å². The molecule has 43 heavy (non-hydrogen) atoms. The number of rotatable bonds is 11. The molecule has 8 nitrogen and oxygen atoms in total. The Morgan fingerprint density at radius 1 is 0.977 bits per heavy atom. The minimum atomic E-state index is -0.434.